The van der Waals surface area contributed by atoms with Gasteiger partial charge in [-0.15, -0.1) is 11.3 Å². The van der Waals surface area contributed by atoms with Gasteiger partial charge in [0.15, 0.2) is 0 Å². The summed E-state index contributed by atoms with van der Waals surface area (Å²) in [5.74, 6) is 5.44. The van der Waals surface area contributed by atoms with Gasteiger partial charge in [-0.25, -0.2) is 0 Å². The molecule has 4 nitrogen and oxygen atoms in total. The largest absolute Gasteiger partial charge is 0.384 e. The van der Waals surface area contributed by atoms with Crippen molar-refractivity contribution in [2.45, 2.75) is 13.5 Å². The number of hydrogen-bond donors (Lipinski definition) is 1. The molecular weight excluding hydrogens is 284 g/mol. The van der Waals surface area contributed by atoms with Crippen molar-refractivity contribution >= 4 is 17.2 Å². The van der Waals surface area contributed by atoms with Crippen LogP contribution in [0.1, 0.15) is 25.7 Å². The van der Waals surface area contributed by atoms with Crippen LogP contribution in [0, 0.1) is 18.8 Å². The van der Waals surface area contributed by atoms with Crippen molar-refractivity contribution in [3.8, 4) is 11.8 Å². The molecule has 5 heteroatoms. The van der Waals surface area contributed by atoms with Gasteiger partial charge in [-0.2, -0.15) is 0 Å². The van der Waals surface area contributed by atoms with E-state index in [0.717, 1.165) is 16.0 Å². The second-order valence-electron chi connectivity index (χ2n) is 4.61. The number of carbonyl (C=O) groups is 1. The van der Waals surface area contributed by atoms with E-state index in [1.165, 1.54) is 11.3 Å². The third kappa shape index (κ3) is 3.91. The molecule has 0 aliphatic heterocycles. The molecule has 0 aliphatic carbocycles. The fourth-order valence-corrected chi connectivity index (χ4v) is 2.90. The molecular formula is C16H16N2O2S. The molecule has 2 aromatic heterocycles. The van der Waals surface area contributed by atoms with Crippen molar-refractivity contribution < 1.29 is 9.90 Å². The van der Waals surface area contributed by atoms with Crippen LogP contribution in [0.15, 0.2) is 30.6 Å². The SMILES string of the molecule is Cc1cc(C(=O)N(C)Cc2cccnc2)sc1C#CCO. The highest BCUT2D eigenvalue weighted by atomic mass is 32.1. The van der Waals surface area contributed by atoms with Crippen molar-refractivity contribution in [2.75, 3.05) is 13.7 Å². The van der Waals surface area contributed by atoms with Crippen LogP contribution in [0.25, 0.3) is 0 Å². The van der Waals surface area contributed by atoms with Crippen molar-refractivity contribution in [1.29, 1.82) is 0 Å². The topological polar surface area (TPSA) is 53.4 Å². The predicted octanol–water partition coefficient (Wildman–Crippen LogP) is 2.07. The first-order chi connectivity index (χ1) is 10.1. The van der Waals surface area contributed by atoms with Gasteiger partial charge in [-0.3, -0.25) is 9.78 Å². The Hall–Kier alpha value is -2.16. The molecule has 0 radical (unpaired) electrons. The zero-order valence-electron chi connectivity index (χ0n) is 12.0. The average Bonchev–Trinajstić information content (AvgIpc) is 2.86. The molecule has 1 N–H and O–H groups in total. The Balaban J connectivity index is 2.12. The zero-order valence-corrected chi connectivity index (χ0v) is 12.8. The summed E-state index contributed by atoms with van der Waals surface area (Å²) in [7, 11) is 1.77. The third-order valence-electron chi connectivity index (χ3n) is 2.90. The standard InChI is InChI=1S/C16H16N2O2S/c1-12-9-15(21-14(12)6-4-8-19)16(20)18(2)11-13-5-3-7-17-10-13/h3,5,7,9-10,19H,8,11H2,1-2H3. The van der Waals surface area contributed by atoms with E-state index in [4.69, 9.17) is 5.11 Å². The number of aliphatic hydroxyl groups is 1. The molecule has 0 saturated carbocycles. The Morgan fingerprint density at radius 2 is 2.33 bits per heavy atom. The number of aromatic nitrogens is 1. The molecule has 0 spiro atoms. The lowest BCUT2D eigenvalue weighted by molar-refractivity contribution is 0.0789. The fraction of sp³-hybridized carbons (Fsp3) is 0.250. The van der Waals surface area contributed by atoms with Gasteiger partial charge < -0.3 is 10.0 Å². The van der Waals surface area contributed by atoms with E-state index < -0.39 is 0 Å². The van der Waals surface area contributed by atoms with Gasteiger partial charge in [0.1, 0.15) is 6.61 Å². The lowest BCUT2D eigenvalue weighted by atomic mass is 10.2. The molecule has 0 unspecified atom stereocenters. The van der Waals surface area contributed by atoms with E-state index in [2.05, 4.69) is 16.8 Å². The minimum absolute atomic E-state index is 0.0380. The molecule has 2 rings (SSSR count). The summed E-state index contributed by atoms with van der Waals surface area (Å²) in [5.41, 5.74) is 1.95. The molecule has 0 fully saturated rings. The number of carbonyl (C=O) groups excluding carboxylic acids is 1. The molecule has 0 bridgehead atoms. The Kier molecular flexibility index (Phi) is 5.09. The van der Waals surface area contributed by atoms with Gasteiger partial charge in [-0.1, -0.05) is 17.9 Å². The highest BCUT2D eigenvalue weighted by molar-refractivity contribution is 7.14. The molecule has 0 atom stereocenters. The van der Waals surface area contributed by atoms with E-state index in [0.29, 0.717) is 11.4 Å². The molecule has 0 aliphatic rings. The highest BCUT2D eigenvalue weighted by Gasteiger charge is 2.16. The number of nitrogens with zero attached hydrogens (tertiary/aromatic N) is 2. The summed E-state index contributed by atoms with van der Waals surface area (Å²) in [6, 6.07) is 5.63. The van der Waals surface area contributed by atoms with Gasteiger partial charge in [0.2, 0.25) is 0 Å². The van der Waals surface area contributed by atoms with Gasteiger partial charge in [-0.05, 0) is 30.2 Å². The van der Waals surface area contributed by atoms with Gasteiger partial charge in [0, 0.05) is 26.0 Å². The number of aryl methyl sites for hydroxylation is 1. The number of aliphatic hydroxyl groups excluding tert-OH is 1. The van der Waals surface area contributed by atoms with E-state index in [1.54, 1.807) is 24.3 Å². The average molecular weight is 300 g/mol. The van der Waals surface area contributed by atoms with E-state index in [-0.39, 0.29) is 12.5 Å². The Labute approximate surface area is 128 Å². The van der Waals surface area contributed by atoms with E-state index in [1.807, 2.05) is 25.1 Å². The van der Waals surface area contributed by atoms with Crippen LogP contribution in [0.4, 0.5) is 0 Å². The third-order valence-corrected chi connectivity index (χ3v) is 4.04. The fourth-order valence-electron chi connectivity index (χ4n) is 1.86. The van der Waals surface area contributed by atoms with Gasteiger partial charge in [0.25, 0.3) is 5.91 Å². The number of rotatable bonds is 3. The smallest absolute Gasteiger partial charge is 0.264 e. The Morgan fingerprint density at radius 3 is 3.00 bits per heavy atom. The molecule has 0 aromatic carbocycles. The van der Waals surface area contributed by atoms with Gasteiger partial charge >= 0.3 is 0 Å². The van der Waals surface area contributed by atoms with Crippen molar-refractivity contribution in [2.24, 2.45) is 0 Å². The molecule has 21 heavy (non-hydrogen) atoms. The number of pyridine rings is 1. The summed E-state index contributed by atoms with van der Waals surface area (Å²) in [6.07, 6.45) is 3.46. The summed E-state index contributed by atoms with van der Waals surface area (Å²) < 4.78 is 0. The maximum Gasteiger partial charge on any atom is 0.264 e. The van der Waals surface area contributed by atoms with Crippen molar-refractivity contribution in [1.82, 2.24) is 9.88 Å². The Bertz CT molecular complexity index is 683. The van der Waals surface area contributed by atoms with Crippen LogP contribution in [0.2, 0.25) is 0 Å². The van der Waals surface area contributed by atoms with E-state index in [9.17, 15) is 4.79 Å². The van der Waals surface area contributed by atoms with Crippen LogP contribution in [-0.4, -0.2) is 34.6 Å². The van der Waals surface area contributed by atoms with Crippen LogP contribution in [0.3, 0.4) is 0 Å². The van der Waals surface area contributed by atoms with Gasteiger partial charge in [0.05, 0.1) is 9.75 Å². The van der Waals surface area contributed by atoms with Crippen LogP contribution < -0.4 is 0 Å². The van der Waals surface area contributed by atoms with Crippen molar-refractivity contribution in [3.63, 3.8) is 0 Å². The Morgan fingerprint density at radius 1 is 1.52 bits per heavy atom. The second-order valence-corrected chi connectivity index (χ2v) is 5.66. The molecule has 0 saturated heterocycles. The number of hydrogen-bond acceptors (Lipinski definition) is 4. The molecule has 1 amide bonds. The summed E-state index contributed by atoms with van der Waals surface area (Å²) >= 11 is 1.35. The number of amides is 1. The van der Waals surface area contributed by atoms with Crippen LogP contribution >= 0.6 is 11.3 Å². The monoisotopic (exact) mass is 300 g/mol. The highest BCUT2D eigenvalue weighted by Crippen LogP contribution is 2.22. The normalized spacial score (nSPS) is 9.86. The lowest BCUT2D eigenvalue weighted by Gasteiger charge is -2.15. The first-order valence-corrected chi connectivity index (χ1v) is 7.28. The van der Waals surface area contributed by atoms with Crippen molar-refractivity contribution in [3.05, 3.63) is 51.5 Å². The lowest BCUT2D eigenvalue weighted by Crippen LogP contribution is -2.25. The maximum atomic E-state index is 12.4. The quantitative estimate of drug-likeness (QED) is 0.883. The minimum atomic E-state index is -0.179. The predicted molar refractivity (Wildman–Crippen MR) is 83.1 cm³/mol. The van der Waals surface area contributed by atoms with Crippen LogP contribution in [0.5, 0.6) is 0 Å². The molecule has 2 heterocycles. The molecule has 2 aromatic rings. The minimum Gasteiger partial charge on any atom is -0.384 e. The number of thiophene rings is 1. The van der Waals surface area contributed by atoms with Crippen LogP contribution in [-0.2, 0) is 6.54 Å². The first kappa shape index (κ1) is 15.2. The molecule has 108 valence electrons. The zero-order chi connectivity index (χ0) is 15.2. The maximum absolute atomic E-state index is 12.4. The van der Waals surface area contributed by atoms with E-state index >= 15 is 0 Å². The second kappa shape index (κ2) is 7.02. The summed E-state index contributed by atoms with van der Waals surface area (Å²) in [5, 5.41) is 8.74. The summed E-state index contributed by atoms with van der Waals surface area (Å²) in [4.78, 5) is 19.6. The summed E-state index contributed by atoms with van der Waals surface area (Å²) in [6.45, 7) is 2.25. The first-order valence-electron chi connectivity index (χ1n) is 6.46.